The number of thiophene rings is 1. The fraction of sp³-hybridized carbons (Fsp3) is 0.250. The summed E-state index contributed by atoms with van der Waals surface area (Å²) in [5.74, 6) is -0.208. The van der Waals surface area contributed by atoms with Gasteiger partial charge < -0.3 is 11.1 Å². The molecule has 3 rings (SSSR count). The Morgan fingerprint density at radius 1 is 1.46 bits per heavy atom. The molecule has 1 atom stereocenters. The number of amidine groups is 1. The first kappa shape index (κ1) is 18.3. The number of rotatable bonds is 4. The third kappa shape index (κ3) is 3.70. The van der Waals surface area contributed by atoms with E-state index in [9.17, 15) is 19.3 Å². The average Bonchev–Trinajstić information content (AvgIpc) is 3.07. The van der Waals surface area contributed by atoms with E-state index in [4.69, 9.17) is 5.73 Å². The van der Waals surface area contributed by atoms with E-state index in [1.807, 2.05) is 0 Å². The van der Waals surface area contributed by atoms with Crippen molar-refractivity contribution in [2.24, 2.45) is 10.7 Å². The Hall–Kier alpha value is -2.46. The van der Waals surface area contributed by atoms with Gasteiger partial charge in [-0.05, 0) is 31.5 Å². The van der Waals surface area contributed by atoms with Crippen LogP contribution in [0.2, 0.25) is 0 Å². The van der Waals surface area contributed by atoms with E-state index in [2.05, 4.69) is 10.3 Å². The van der Waals surface area contributed by atoms with Crippen molar-refractivity contribution in [3.8, 4) is 0 Å². The van der Waals surface area contributed by atoms with Gasteiger partial charge in [0, 0.05) is 28.5 Å². The van der Waals surface area contributed by atoms with Crippen molar-refractivity contribution >= 4 is 44.9 Å². The second-order valence-electron chi connectivity index (χ2n) is 5.90. The van der Waals surface area contributed by atoms with E-state index in [0.29, 0.717) is 22.8 Å². The highest BCUT2D eigenvalue weighted by Crippen LogP contribution is 2.37. The summed E-state index contributed by atoms with van der Waals surface area (Å²) in [6.07, 6.45) is 0.614. The van der Waals surface area contributed by atoms with Crippen LogP contribution in [0.3, 0.4) is 0 Å². The molecule has 0 radical (unpaired) electrons. The zero-order valence-electron chi connectivity index (χ0n) is 13.7. The van der Waals surface area contributed by atoms with Gasteiger partial charge in [0.25, 0.3) is 5.91 Å². The van der Waals surface area contributed by atoms with Crippen molar-refractivity contribution in [2.45, 2.75) is 18.9 Å². The second kappa shape index (κ2) is 7.04. The van der Waals surface area contributed by atoms with Crippen molar-refractivity contribution < 1.29 is 14.1 Å². The van der Waals surface area contributed by atoms with E-state index in [1.165, 1.54) is 41.4 Å². The standard InChI is InChI=1S/C16H15FN4O3S2/c1-16(4-5-25-15(18)20-16)11-7-10(2-3-12(11)17)19-14(22)9-6-13(21(23)24)26-8-9/h2-3,6-8H,4-5H2,1H3,(H2,18,20)(H,19,22). The summed E-state index contributed by atoms with van der Waals surface area (Å²) in [5, 5.41) is 15.1. The molecule has 1 aromatic heterocycles. The number of nitrogens with two attached hydrogens (primary N) is 1. The largest absolute Gasteiger partial charge is 0.379 e. The molecule has 1 aromatic carbocycles. The molecule has 1 aliphatic rings. The number of carbonyl (C=O) groups excluding carboxylic acids is 1. The molecule has 26 heavy (non-hydrogen) atoms. The van der Waals surface area contributed by atoms with E-state index >= 15 is 0 Å². The highest BCUT2D eigenvalue weighted by molar-refractivity contribution is 8.13. The van der Waals surface area contributed by atoms with Crippen LogP contribution in [0.4, 0.5) is 15.1 Å². The maximum absolute atomic E-state index is 14.4. The zero-order valence-corrected chi connectivity index (χ0v) is 15.3. The van der Waals surface area contributed by atoms with Crippen LogP contribution in [-0.4, -0.2) is 21.8 Å². The Kier molecular flexibility index (Phi) is 4.97. The van der Waals surface area contributed by atoms with Gasteiger partial charge in [0.1, 0.15) is 5.82 Å². The fourth-order valence-corrected chi connectivity index (χ4v) is 4.32. The normalized spacial score (nSPS) is 19.7. The van der Waals surface area contributed by atoms with E-state index < -0.39 is 22.2 Å². The Labute approximate surface area is 156 Å². The highest BCUT2D eigenvalue weighted by Gasteiger charge is 2.32. The van der Waals surface area contributed by atoms with Gasteiger partial charge in [-0.3, -0.25) is 19.9 Å². The van der Waals surface area contributed by atoms with Gasteiger partial charge in [-0.25, -0.2) is 4.39 Å². The summed E-state index contributed by atoms with van der Waals surface area (Å²) >= 11 is 2.29. The van der Waals surface area contributed by atoms with Gasteiger partial charge in [-0.2, -0.15) is 0 Å². The molecule has 0 saturated heterocycles. The number of carbonyl (C=O) groups is 1. The minimum absolute atomic E-state index is 0.119. The monoisotopic (exact) mass is 394 g/mol. The number of hydrogen-bond acceptors (Lipinski definition) is 7. The third-order valence-corrected chi connectivity index (χ3v) is 5.70. The summed E-state index contributed by atoms with van der Waals surface area (Å²) < 4.78 is 14.4. The Morgan fingerprint density at radius 2 is 2.23 bits per heavy atom. The molecular formula is C16H15FN4O3S2. The van der Waals surface area contributed by atoms with E-state index in [-0.39, 0.29) is 10.6 Å². The molecule has 7 nitrogen and oxygen atoms in total. The molecule has 0 fully saturated rings. The van der Waals surface area contributed by atoms with Crippen LogP contribution >= 0.6 is 23.1 Å². The number of nitro groups is 1. The van der Waals surface area contributed by atoms with Crippen molar-refractivity contribution in [1.29, 1.82) is 0 Å². The first-order valence-electron chi connectivity index (χ1n) is 7.61. The van der Waals surface area contributed by atoms with Gasteiger partial charge in [-0.1, -0.05) is 23.1 Å². The van der Waals surface area contributed by atoms with Crippen LogP contribution in [0.1, 0.15) is 29.3 Å². The predicted molar refractivity (Wildman–Crippen MR) is 101 cm³/mol. The summed E-state index contributed by atoms with van der Waals surface area (Å²) in [5.41, 5.74) is 5.88. The van der Waals surface area contributed by atoms with E-state index in [1.54, 1.807) is 6.92 Å². The topological polar surface area (TPSA) is 111 Å². The number of aliphatic imine (C=N–C) groups is 1. The molecule has 0 aliphatic carbocycles. The van der Waals surface area contributed by atoms with Crippen LogP contribution < -0.4 is 11.1 Å². The molecule has 1 unspecified atom stereocenters. The zero-order chi connectivity index (χ0) is 18.9. The van der Waals surface area contributed by atoms with Crippen molar-refractivity contribution in [2.75, 3.05) is 11.1 Å². The van der Waals surface area contributed by atoms with Crippen molar-refractivity contribution in [3.63, 3.8) is 0 Å². The Morgan fingerprint density at radius 3 is 2.88 bits per heavy atom. The molecule has 1 amide bonds. The average molecular weight is 394 g/mol. The molecule has 2 heterocycles. The lowest BCUT2D eigenvalue weighted by atomic mass is 9.89. The summed E-state index contributed by atoms with van der Waals surface area (Å²) in [6.45, 7) is 1.80. The van der Waals surface area contributed by atoms with Crippen LogP contribution in [0.25, 0.3) is 0 Å². The van der Waals surface area contributed by atoms with Gasteiger partial charge in [-0.15, -0.1) is 0 Å². The maximum atomic E-state index is 14.4. The highest BCUT2D eigenvalue weighted by atomic mass is 32.2. The van der Waals surface area contributed by atoms with Crippen molar-refractivity contribution in [3.05, 3.63) is 56.7 Å². The molecule has 0 spiro atoms. The lowest BCUT2D eigenvalue weighted by Crippen LogP contribution is -2.29. The smallest absolute Gasteiger partial charge is 0.324 e. The molecular weight excluding hydrogens is 379 g/mol. The number of hydrogen-bond donors (Lipinski definition) is 2. The fourth-order valence-electron chi connectivity index (χ4n) is 2.64. The third-order valence-electron chi connectivity index (χ3n) is 4.03. The minimum Gasteiger partial charge on any atom is -0.379 e. The van der Waals surface area contributed by atoms with Crippen LogP contribution in [0, 0.1) is 15.9 Å². The second-order valence-corrected chi connectivity index (χ2v) is 7.91. The number of nitrogens with one attached hydrogen (secondary N) is 1. The molecule has 136 valence electrons. The molecule has 10 heteroatoms. The van der Waals surface area contributed by atoms with Gasteiger partial charge in [0.05, 0.1) is 16.0 Å². The number of nitrogens with zero attached hydrogens (tertiary/aromatic N) is 2. The minimum atomic E-state index is -0.804. The lowest BCUT2D eigenvalue weighted by molar-refractivity contribution is -0.380. The van der Waals surface area contributed by atoms with Gasteiger partial charge in [0.2, 0.25) is 0 Å². The first-order chi connectivity index (χ1) is 12.3. The molecule has 2 aromatic rings. The van der Waals surface area contributed by atoms with Crippen molar-refractivity contribution in [1.82, 2.24) is 0 Å². The number of thioether (sulfide) groups is 1. The SMILES string of the molecule is CC1(c2cc(NC(=O)c3csc([N+](=O)[O-])c3)ccc2F)CCSC(N)=N1. The van der Waals surface area contributed by atoms with E-state index in [0.717, 1.165) is 17.1 Å². The predicted octanol–water partition coefficient (Wildman–Crippen LogP) is 3.71. The quantitative estimate of drug-likeness (QED) is 0.607. The van der Waals surface area contributed by atoms with Crippen LogP contribution in [0.5, 0.6) is 0 Å². The summed E-state index contributed by atoms with van der Waals surface area (Å²) in [7, 11) is 0. The molecule has 1 aliphatic heterocycles. The first-order valence-corrected chi connectivity index (χ1v) is 9.47. The van der Waals surface area contributed by atoms with Gasteiger partial charge in [0.15, 0.2) is 5.17 Å². The summed E-state index contributed by atoms with van der Waals surface area (Å²) in [6, 6.07) is 5.43. The maximum Gasteiger partial charge on any atom is 0.324 e. The number of benzene rings is 1. The Balaban J connectivity index is 1.86. The summed E-state index contributed by atoms with van der Waals surface area (Å²) in [4.78, 5) is 26.8. The number of amides is 1. The molecule has 0 bridgehead atoms. The number of halogens is 1. The van der Waals surface area contributed by atoms with Gasteiger partial charge >= 0.3 is 5.00 Å². The molecule has 0 saturated carbocycles. The molecule has 3 N–H and O–H groups in total. The lowest BCUT2D eigenvalue weighted by Gasteiger charge is -2.30. The number of anilines is 1. The van der Waals surface area contributed by atoms with Crippen LogP contribution in [0.15, 0.2) is 34.6 Å². The van der Waals surface area contributed by atoms with Crippen LogP contribution in [-0.2, 0) is 5.54 Å². The Bertz CT molecular complexity index is 915.